The molecule has 4 atom stereocenters. The van der Waals surface area contributed by atoms with Gasteiger partial charge in [-0.05, 0) is 53.4 Å². The van der Waals surface area contributed by atoms with Gasteiger partial charge in [0.15, 0.2) is 5.41 Å². The number of allylic oxidation sites excluding steroid dienone is 2. The minimum atomic E-state index is -1.66. The zero-order valence-corrected chi connectivity index (χ0v) is 17.1. The summed E-state index contributed by atoms with van der Waals surface area (Å²) in [5.41, 5.74) is 0.0299. The van der Waals surface area contributed by atoms with Crippen molar-refractivity contribution in [2.45, 2.75) is 39.5 Å². The maximum Gasteiger partial charge on any atom is 0.189 e. The molecular formula is C23H23ClN4. The van der Waals surface area contributed by atoms with E-state index in [-0.39, 0.29) is 17.0 Å². The zero-order chi connectivity index (χ0) is 20.7. The van der Waals surface area contributed by atoms with Crippen LogP contribution in [0.15, 0.2) is 35.9 Å². The molecule has 0 aliphatic heterocycles. The predicted molar refractivity (Wildman–Crippen MR) is 108 cm³/mol. The number of fused-ring (bicyclic) bond motifs is 1. The molecule has 0 radical (unpaired) electrons. The fraction of sp³-hybridized carbons (Fsp3) is 0.478. The smallest absolute Gasteiger partial charge is 0.189 e. The maximum atomic E-state index is 10.1. The summed E-state index contributed by atoms with van der Waals surface area (Å²) < 4.78 is 0. The van der Waals surface area contributed by atoms with Crippen molar-refractivity contribution in [3.05, 3.63) is 46.5 Å². The normalized spacial score (nSPS) is 28.9. The lowest BCUT2D eigenvalue weighted by molar-refractivity contribution is 0.168. The highest BCUT2D eigenvalue weighted by Crippen LogP contribution is 2.57. The zero-order valence-electron chi connectivity index (χ0n) is 16.3. The van der Waals surface area contributed by atoms with Gasteiger partial charge in [0.25, 0.3) is 0 Å². The van der Waals surface area contributed by atoms with Crippen LogP contribution in [-0.4, -0.2) is 5.71 Å². The molecule has 1 N–H and O–H groups in total. The van der Waals surface area contributed by atoms with E-state index in [1.807, 2.05) is 12.1 Å². The lowest BCUT2D eigenvalue weighted by Crippen LogP contribution is -2.50. The van der Waals surface area contributed by atoms with Gasteiger partial charge in [-0.25, -0.2) is 0 Å². The van der Waals surface area contributed by atoms with Crippen LogP contribution in [-0.2, 0) is 0 Å². The minimum absolute atomic E-state index is 0.0710. The van der Waals surface area contributed by atoms with Gasteiger partial charge in [-0.1, -0.05) is 50.6 Å². The van der Waals surface area contributed by atoms with Gasteiger partial charge in [0.1, 0.15) is 5.92 Å². The van der Waals surface area contributed by atoms with Crippen molar-refractivity contribution in [3.8, 4) is 18.2 Å². The second kappa shape index (κ2) is 7.09. The Hall–Kier alpha value is -2.61. The summed E-state index contributed by atoms with van der Waals surface area (Å²) in [7, 11) is 0. The van der Waals surface area contributed by atoms with Crippen molar-refractivity contribution >= 4 is 17.3 Å². The van der Waals surface area contributed by atoms with Crippen LogP contribution in [0.5, 0.6) is 0 Å². The van der Waals surface area contributed by atoms with E-state index in [0.29, 0.717) is 10.9 Å². The van der Waals surface area contributed by atoms with Crippen molar-refractivity contribution in [1.82, 2.24) is 0 Å². The highest BCUT2D eigenvalue weighted by molar-refractivity contribution is 6.30. The van der Waals surface area contributed by atoms with Gasteiger partial charge in [-0.15, -0.1) is 0 Å². The van der Waals surface area contributed by atoms with Crippen LogP contribution in [0.1, 0.15) is 45.1 Å². The topological polar surface area (TPSA) is 95.2 Å². The number of nitriles is 3. The summed E-state index contributed by atoms with van der Waals surface area (Å²) in [5.74, 6) is -1.06. The van der Waals surface area contributed by atoms with Crippen LogP contribution in [0, 0.1) is 68.0 Å². The molecule has 1 saturated carbocycles. The number of halogens is 1. The van der Waals surface area contributed by atoms with Crippen LogP contribution in [0.4, 0.5) is 0 Å². The highest BCUT2D eigenvalue weighted by Gasteiger charge is 2.58. The van der Waals surface area contributed by atoms with E-state index >= 15 is 0 Å². The first-order valence-electron chi connectivity index (χ1n) is 9.46. The van der Waals surface area contributed by atoms with Crippen LogP contribution >= 0.6 is 11.6 Å². The molecule has 0 spiro atoms. The summed E-state index contributed by atoms with van der Waals surface area (Å²) >= 11 is 6.06. The van der Waals surface area contributed by atoms with Gasteiger partial charge < -0.3 is 5.41 Å². The van der Waals surface area contributed by atoms with Crippen molar-refractivity contribution in [2.24, 2.45) is 28.6 Å². The fourth-order valence-corrected chi connectivity index (χ4v) is 4.90. The SMILES string of the molecule is CC(C)(C)[C@@H]1CC=C2C(C#N)C(=N)C(C#N)(C#N)[C@@H](c3ccc(Cl)cc3)[C@H]2C1. The van der Waals surface area contributed by atoms with E-state index in [1.54, 1.807) is 12.1 Å². The summed E-state index contributed by atoms with van der Waals surface area (Å²) in [5, 5.41) is 39.1. The number of benzene rings is 1. The molecule has 0 aromatic heterocycles. The quantitative estimate of drug-likeness (QED) is 0.629. The minimum Gasteiger partial charge on any atom is -0.305 e. The lowest BCUT2D eigenvalue weighted by Gasteiger charge is -2.49. The first-order chi connectivity index (χ1) is 13.2. The van der Waals surface area contributed by atoms with Crippen molar-refractivity contribution in [2.75, 3.05) is 0 Å². The average Bonchev–Trinajstić information content (AvgIpc) is 2.67. The second-order valence-corrected chi connectivity index (χ2v) is 9.32. The molecule has 1 aromatic carbocycles. The standard InChI is InChI=1S/C23H23ClN4/c1-22(2,3)15-6-9-17-18(10-15)20(14-4-7-16(24)8-5-14)23(12-26,13-27)21(28)19(17)11-25/h4-5,7-9,15,18-20,28H,6,10H2,1-3H3/t15-,18+,19?,20+/m1/s1. The van der Waals surface area contributed by atoms with Gasteiger partial charge >= 0.3 is 0 Å². The Kier molecular flexibility index (Phi) is 5.10. The molecule has 2 aliphatic rings. The third-order valence-electron chi connectivity index (χ3n) is 6.46. The van der Waals surface area contributed by atoms with E-state index in [4.69, 9.17) is 17.0 Å². The maximum absolute atomic E-state index is 10.1. The Morgan fingerprint density at radius 3 is 2.21 bits per heavy atom. The van der Waals surface area contributed by atoms with Gasteiger partial charge in [0, 0.05) is 10.9 Å². The molecular weight excluding hydrogens is 368 g/mol. The molecule has 142 valence electrons. The summed E-state index contributed by atoms with van der Waals surface area (Å²) in [6.07, 6.45) is 3.73. The number of nitrogens with one attached hydrogen (secondary N) is 1. The van der Waals surface area contributed by atoms with Crippen LogP contribution in [0.3, 0.4) is 0 Å². The van der Waals surface area contributed by atoms with E-state index in [2.05, 4.69) is 45.1 Å². The molecule has 0 heterocycles. The van der Waals surface area contributed by atoms with Gasteiger partial charge in [0.2, 0.25) is 0 Å². The van der Waals surface area contributed by atoms with Crippen LogP contribution in [0.2, 0.25) is 5.02 Å². The first-order valence-corrected chi connectivity index (χ1v) is 9.83. The van der Waals surface area contributed by atoms with Gasteiger partial charge in [0.05, 0.1) is 23.9 Å². The number of rotatable bonds is 1. The molecule has 28 heavy (non-hydrogen) atoms. The Labute approximate surface area is 171 Å². The summed E-state index contributed by atoms with van der Waals surface area (Å²) in [6.45, 7) is 6.59. The molecule has 2 aliphatic carbocycles. The number of nitrogens with zero attached hydrogens (tertiary/aromatic N) is 3. The molecule has 4 nitrogen and oxygen atoms in total. The number of hydrogen-bond acceptors (Lipinski definition) is 4. The summed E-state index contributed by atoms with van der Waals surface area (Å²) in [4.78, 5) is 0. The lowest BCUT2D eigenvalue weighted by atomic mass is 9.51. The third-order valence-corrected chi connectivity index (χ3v) is 6.71. The molecule has 1 fully saturated rings. The van der Waals surface area contributed by atoms with Crippen molar-refractivity contribution < 1.29 is 0 Å². The summed E-state index contributed by atoms with van der Waals surface area (Å²) in [6, 6.07) is 13.7. The monoisotopic (exact) mass is 390 g/mol. The third kappa shape index (κ3) is 3.01. The molecule has 1 unspecified atom stereocenters. The highest BCUT2D eigenvalue weighted by atomic mass is 35.5. The second-order valence-electron chi connectivity index (χ2n) is 8.88. The largest absolute Gasteiger partial charge is 0.305 e. The fourth-order valence-electron chi connectivity index (χ4n) is 4.78. The predicted octanol–water partition coefficient (Wildman–Crippen LogP) is 5.63. The van der Waals surface area contributed by atoms with E-state index in [1.165, 1.54) is 0 Å². The Morgan fingerprint density at radius 1 is 1.11 bits per heavy atom. The first kappa shape index (κ1) is 20.1. The molecule has 0 saturated heterocycles. The molecule has 0 amide bonds. The molecule has 1 aromatic rings. The Morgan fingerprint density at radius 2 is 1.71 bits per heavy atom. The van der Waals surface area contributed by atoms with Crippen LogP contribution in [0.25, 0.3) is 0 Å². The van der Waals surface area contributed by atoms with E-state index in [9.17, 15) is 15.8 Å². The Bertz CT molecular complexity index is 933. The van der Waals surface area contributed by atoms with Crippen molar-refractivity contribution in [3.63, 3.8) is 0 Å². The molecule has 5 heteroatoms. The molecule has 0 bridgehead atoms. The van der Waals surface area contributed by atoms with Crippen LogP contribution < -0.4 is 0 Å². The van der Waals surface area contributed by atoms with E-state index in [0.717, 1.165) is 24.0 Å². The molecule has 3 rings (SSSR count). The Balaban J connectivity index is 2.24. The number of hydrogen-bond donors (Lipinski definition) is 1. The van der Waals surface area contributed by atoms with Gasteiger partial charge in [-0.2, -0.15) is 15.8 Å². The van der Waals surface area contributed by atoms with E-state index < -0.39 is 17.3 Å². The average molecular weight is 391 g/mol. The van der Waals surface area contributed by atoms with Crippen molar-refractivity contribution in [1.29, 1.82) is 21.2 Å². The van der Waals surface area contributed by atoms with Gasteiger partial charge in [-0.3, -0.25) is 0 Å².